The van der Waals surface area contributed by atoms with Crippen molar-refractivity contribution in [2.24, 2.45) is 7.05 Å². The van der Waals surface area contributed by atoms with E-state index in [1.165, 1.54) is 11.3 Å². The lowest BCUT2D eigenvalue weighted by Gasteiger charge is -2.08. The van der Waals surface area contributed by atoms with Gasteiger partial charge in [-0.3, -0.25) is 0 Å². The van der Waals surface area contributed by atoms with E-state index in [-0.39, 0.29) is 0 Å². The van der Waals surface area contributed by atoms with Crippen molar-refractivity contribution in [3.8, 4) is 17.0 Å². The van der Waals surface area contributed by atoms with Crippen molar-refractivity contribution < 1.29 is 4.74 Å². The van der Waals surface area contributed by atoms with E-state index in [0.29, 0.717) is 0 Å². The van der Waals surface area contributed by atoms with Crippen LogP contribution >= 0.6 is 11.3 Å². The molecule has 0 saturated heterocycles. The average molecular weight is 335 g/mol. The molecule has 24 heavy (non-hydrogen) atoms. The van der Waals surface area contributed by atoms with Gasteiger partial charge in [-0.1, -0.05) is 6.07 Å². The van der Waals surface area contributed by atoms with Gasteiger partial charge in [0.15, 0.2) is 0 Å². The maximum Gasteiger partial charge on any atom is 0.139 e. The largest absolute Gasteiger partial charge is 0.497 e. The van der Waals surface area contributed by atoms with Gasteiger partial charge in [0, 0.05) is 47.0 Å². The fourth-order valence-electron chi connectivity index (χ4n) is 2.89. The van der Waals surface area contributed by atoms with Crippen molar-refractivity contribution in [1.82, 2.24) is 9.55 Å². The molecule has 0 aliphatic carbocycles. The molecular weight excluding hydrogens is 318 g/mol. The zero-order chi connectivity index (χ0) is 16.5. The number of hydrogen-bond donors (Lipinski definition) is 1. The highest BCUT2D eigenvalue weighted by Crippen LogP contribution is 2.33. The molecule has 4 rings (SSSR count). The second-order valence-electron chi connectivity index (χ2n) is 5.55. The van der Waals surface area contributed by atoms with Crippen LogP contribution in [0.25, 0.3) is 22.2 Å². The Balaban J connectivity index is 1.80. The van der Waals surface area contributed by atoms with E-state index in [1.54, 1.807) is 18.4 Å². The lowest BCUT2D eigenvalue weighted by atomic mass is 10.2. The molecule has 0 spiro atoms. The van der Waals surface area contributed by atoms with E-state index in [9.17, 15) is 0 Å². The Bertz CT molecular complexity index is 989. The minimum Gasteiger partial charge on any atom is -0.497 e. The summed E-state index contributed by atoms with van der Waals surface area (Å²) in [5.41, 5.74) is 4.52. The Labute approximate surface area is 144 Å². The van der Waals surface area contributed by atoms with Crippen molar-refractivity contribution in [3.05, 3.63) is 59.4 Å². The first-order chi connectivity index (χ1) is 11.8. The molecule has 0 fully saturated rings. The third kappa shape index (κ3) is 2.53. The number of hydrogen-bond acceptors (Lipinski definition) is 4. The molecule has 0 amide bonds. The second kappa shape index (κ2) is 6.02. The third-order valence-electron chi connectivity index (χ3n) is 4.12. The van der Waals surface area contributed by atoms with Crippen LogP contribution in [0.3, 0.4) is 0 Å². The van der Waals surface area contributed by atoms with Gasteiger partial charge in [0.05, 0.1) is 12.6 Å². The summed E-state index contributed by atoms with van der Waals surface area (Å²) in [6, 6.07) is 14.2. The van der Waals surface area contributed by atoms with Crippen LogP contribution in [0.1, 0.15) is 0 Å². The lowest BCUT2D eigenvalue weighted by molar-refractivity contribution is 0.415. The highest BCUT2D eigenvalue weighted by Gasteiger charge is 2.12. The first-order valence-corrected chi connectivity index (χ1v) is 8.58. The molecular formula is C19H17N3OS. The second-order valence-corrected chi connectivity index (χ2v) is 6.33. The van der Waals surface area contributed by atoms with Crippen LogP contribution in [0.4, 0.5) is 11.5 Å². The van der Waals surface area contributed by atoms with Gasteiger partial charge in [0.2, 0.25) is 0 Å². The molecule has 4 aromatic rings. The van der Waals surface area contributed by atoms with Gasteiger partial charge in [-0.2, -0.15) is 11.3 Å². The summed E-state index contributed by atoms with van der Waals surface area (Å²) >= 11 is 1.71. The number of thiophene rings is 1. The number of methoxy groups -OCH3 is 1. The summed E-state index contributed by atoms with van der Waals surface area (Å²) in [7, 11) is 3.76. The topological polar surface area (TPSA) is 39.1 Å². The number of anilines is 2. The minimum absolute atomic E-state index is 0.819. The zero-order valence-electron chi connectivity index (χ0n) is 13.5. The van der Waals surface area contributed by atoms with E-state index in [4.69, 9.17) is 4.74 Å². The summed E-state index contributed by atoms with van der Waals surface area (Å²) in [6.07, 6.45) is 1.84. The number of pyridine rings is 1. The van der Waals surface area contributed by atoms with E-state index in [0.717, 1.165) is 28.2 Å². The molecule has 120 valence electrons. The molecule has 0 atom stereocenters. The molecule has 4 nitrogen and oxygen atoms in total. The summed E-state index contributed by atoms with van der Waals surface area (Å²) < 4.78 is 7.49. The highest BCUT2D eigenvalue weighted by atomic mass is 32.1. The van der Waals surface area contributed by atoms with Crippen molar-refractivity contribution in [1.29, 1.82) is 0 Å². The fourth-order valence-corrected chi connectivity index (χ4v) is 3.54. The van der Waals surface area contributed by atoms with Gasteiger partial charge in [0.25, 0.3) is 0 Å². The minimum atomic E-state index is 0.819. The van der Waals surface area contributed by atoms with Gasteiger partial charge in [-0.25, -0.2) is 4.98 Å². The zero-order valence-corrected chi connectivity index (χ0v) is 14.3. The summed E-state index contributed by atoms with van der Waals surface area (Å²) in [5, 5.41) is 8.77. The van der Waals surface area contributed by atoms with E-state index in [1.807, 2.05) is 36.5 Å². The normalized spacial score (nSPS) is 10.9. The van der Waals surface area contributed by atoms with Crippen molar-refractivity contribution in [2.45, 2.75) is 0 Å². The monoisotopic (exact) mass is 335 g/mol. The van der Waals surface area contributed by atoms with Crippen LogP contribution in [-0.4, -0.2) is 16.7 Å². The molecule has 1 N–H and O–H groups in total. The molecule has 5 heteroatoms. The van der Waals surface area contributed by atoms with Crippen LogP contribution in [0, 0.1) is 0 Å². The van der Waals surface area contributed by atoms with Gasteiger partial charge >= 0.3 is 0 Å². The Morgan fingerprint density at radius 1 is 1.17 bits per heavy atom. The Morgan fingerprint density at radius 3 is 2.88 bits per heavy atom. The van der Waals surface area contributed by atoms with Crippen LogP contribution in [0.5, 0.6) is 5.75 Å². The Morgan fingerprint density at radius 2 is 2.08 bits per heavy atom. The van der Waals surface area contributed by atoms with Gasteiger partial charge in [-0.05, 0) is 35.7 Å². The highest BCUT2D eigenvalue weighted by molar-refractivity contribution is 7.08. The maximum absolute atomic E-state index is 5.29. The molecule has 3 heterocycles. The quantitative estimate of drug-likeness (QED) is 0.567. The van der Waals surface area contributed by atoms with Crippen molar-refractivity contribution in [3.63, 3.8) is 0 Å². The van der Waals surface area contributed by atoms with Gasteiger partial charge < -0.3 is 14.6 Å². The maximum atomic E-state index is 5.29. The standard InChI is InChI=1S/C19H17N3OS/c1-22-17-6-8-20-19(21-14-4-3-5-15(10-14)23-2)16(17)11-18(22)13-7-9-24-12-13/h3-12H,1-2H3,(H,20,21). The predicted octanol–water partition coefficient (Wildman–Crippen LogP) is 5.05. The number of nitrogens with one attached hydrogen (secondary N) is 1. The Hall–Kier alpha value is -2.79. The molecule has 0 bridgehead atoms. The smallest absolute Gasteiger partial charge is 0.139 e. The number of aromatic nitrogens is 2. The van der Waals surface area contributed by atoms with E-state index >= 15 is 0 Å². The number of benzene rings is 1. The van der Waals surface area contributed by atoms with Crippen molar-refractivity contribution >= 4 is 33.7 Å². The summed E-state index contributed by atoms with van der Waals surface area (Å²) in [6.45, 7) is 0. The van der Waals surface area contributed by atoms with Gasteiger partial charge in [0.1, 0.15) is 11.6 Å². The van der Waals surface area contributed by atoms with Crippen LogP contribution in [0.2, 0.25) is 0 Å². The van der Waals surface area contributed by atoms with Crippen LogP contribution in [-0.2, 0) is 7.05 Å². The van der Waals surface area contributed by atoms with Crippen LogP contribution in [0.15, 0.2) is 59.4 Å². The number of nitrogens with zero attached hydrogens (tertiary/aromatic N) is 2. The molecule has 1 aromatic carbocycles. The Kier molecular flexibility index (Phi) is 3.70. The molecule has 0 aliphatic heterocycles. The molecule has 0 saturated carbocycles. The summed E-state index contributed by atoms with van der Waals surface area (Å²) in [5.74, 6) is 1.66. The first kappa shape index (κ1) is 14.8. The lowest BCUT2D eigenvalue weighted by Crippen LogP contribution is -1.95. The van der Waals surface area contributed by atoms with E-state index < -0.39 is 0 Å². The first-order valence-electron chi connectivity index (χ1n) is 7.64. The SMILES string of the molecule is COc1cccc(Nc2nccc3c2cc(-c2ccsc2)n3C)c1. The molecule has 0 unspecified atom stereocenters. The van der Waals surface area contributed by atoms with Gasteiger partial charge in [-0.15, -0.1) is 0 Å². The molecule has 0 radical (unpaired) electrons. The number of fused-ring (bicyclic) bond motifs is 1. The number of ether oxygens (including phenoxy) is 1. The van der Waals surface area contributed by atoms with E-state index in [2.05, 4.69) is 44.8 Å². The average Bonchev–Trinajstić information content (AvgIpc) is 3.24. The van der Waals surface area contributed by atoms with Crippen molar-refractivity contribution in [2.75, 3.05) is 12.4 Å². The molecule has 0 aliphatic rings. The third-order valence-corrected chi connectivity index (χ3v) is 4.80. The predicted molar refractivity (Wildman–Crippen MR) is 100 cm³/mol. The van der Waals surface area contributed by atoms with Crippen LogP contribution < -0.4 is 10.1 Å². The number of aryl methyl sites for hydroxylation is 1. The fraction of sp³-hybridized carbons (Fsp3) is 0.105. The summed E-state index contributed by atoms with van der Waals surface area (Å²) in [4.78, 5) is 4.53. The molecule has 3 aromatic heterocycles. The number of rotatable bonds is 4.